The van der Waals surface area contributed by atoms with Crippen molar-refractivity contribution in [3.05, 3.63) is 47.2 Å². The van der Waals surface area contributed by atoms with E-state index in [-0.39, 0.29) is 17.4 Å². The van der Waals surface area contributed by atoms with Crippen molar-refractivity contribution in [1.29, 1.82) is 0 Å². The van der Waals surface area contributed by atoms with E-state index in [1.54, 1.807) is 6.07 Å². The van der Waals surface area contributed by atoms with Crippen LogP contribution >= 0.6 is 0 Å². The molecule has 0 aliphatic rings. The quantitative estimate of drug-likeness (QED) is 0.808. The molecule has 1 aromatic heterocycles. The average Bonchev–Trinajstić information content (AvgIpc) is 2.45. The molecule has 6 nitrogen and oxygen atoms in total. The maximum atomic E-state index is 12.2. The summed E-state index contributed by atoms with van der Waals surface area (Å²) in [6, 6.07) is 7.32. The minimum absolute atomic E-state index is 0.149. The largest absolute Gasteiger partial charge is 0.437 e. The third-order valence-electron chi connectivity index (χ3n) is 2.89. The standard InChI is InChI=1S/C15H17N3O3/c1-10-7-11(2)9-12(8-10)21-14-13(5-6-16-17-14)15(19)18(3)20-4/h5-9H,1-4H3. The van der Waals surface area contributed by atoms with Gasteiger partial charge in [0.25, 0.3) is 11.8 Å². The lowest BCUT2D eigenvalue weighted by Crippen LogP contribution is -2.26. The zero-order valence-electron chi connectivity index (χ0n) is 12.5. The first-order valence-corrected chi connectivity index (χ1v) is 6.41. The van der Waals surface area contributed by atoms with Crippen LogP contribution < -0.4 is 4.74 Å². The van der Waals surface area contributed by atoms with Crippen molar-refractivity contribution in [2.75, 3.05) is 14.2 Å². The Morgan fingerprint density at radius 3 is 2.48 bits per heavy atom. The van der Waals surface area contributed by atoms with E-state index in [2.05, 4.69) is 10.2 Å². The van der Waals surface area contributed by atoms with Crippen molar-refractivity contribution < 1.29 is 14.4 Å². The van der Waals surface area contributed by atoms with Crippen LogP contribution in [0.15, 0.2) is 30.5 Å². The number of hydrogen-bond donors (Lipinski definition) is 0. The Balaban J connectivity index is 2.34. The molecule has 0 spiro atoms. The molecule has 0 saturated carbocycles. The molecule has 0 saturated heterocycles. The van der Waals surface area contributed by atoms with E-state index >= 15 is 0 Å². The molecule has 1 heterocycles. The van der Waals surface area contributed by atoms with E-state index in [4.69, 9.17) is 9.57 Å². The average molecular weight is 287 g/mol. The monoisotopic (exact) mass is 287 g/mol. The summed E-state index contributed by atoms with van der Waals surface area (Å²) < 4.78 is 5.71. The van der Waals surface area contributed by atoms with Gasteiger partial charge in [0, 0.05) is 7.05 Å². The topological polar surface area (TPSA) is 64.5 Å². The van der Waals surface area contributed by atoms with Gasteiger partial charge in [-0.1, -0.05) is 6.07 Å². The van der Waals surface area contributed by atoms with E-state index in [0.29, 0.717) is 5.75 Å². The number of aromatic nitrogens is 2. The predicted octanol–water partition coefficient (Wildman–Crippen LogP) is 2.52. The van der Waals surface area contributed by atoms with Crippen molar-refractivity contribution in [1.82, 2.24) is 15.3 Å². The third kappa shape index (κ3) is 3.55. The van der Waals surface area contributed by atoms with Gasteiger partial charge in [0.15, 0.2) is 0 Å². The van der Waals surface area contributed by atoms with Gasteiger partial charge < -0.3 is 4.74 Å². The van der Waals surface area contributed by atoms with E-state index in [1.807, 2.05) is 32.0 Å². The number of hydroxylamine groups is 2. The molecule has 2 aromatic rings. The fraction of sp³-hybridized carbons (Fsp3) is 0.267. The lowest BCUT2D eigenvalue weighted by atomic mass is 10.1. The molecule has 0 atom stereocenters. The van der Waals surface area contributed by atoms with Crippen LogP contribution in [0, 0.1) is 13.8 Å². The number of carbonyl (C=O) groups excluding carboxylic acids is 1. The fourth-order valence-electron chi connectivity index (χ4n) is 1.91. The van der Waals surface area contributed by atoms with Crippen LogP contribution in [0.1, 0.15) is 21.5 Å². The molecular weight excluding hydrogens is 270 g/mol. The molecule has 0 N–H and O–H groups in total. The number of ether oxygens (including phenoxy) is 1. The zero-order chi connectivity index (χ0) is 15.4. The minimum atomic E-state index is -0.355. The minimum Gasteiger partial charge on any atom is -0.437 e. The van der Waals surface area contributed by atoms with Gasteiger partial charge in [-0.25, -0.2) is 5.06 Å². The van der Waals surface area contributed by atoms with Gasteiger partial charge in [-0.3, -0.25) is 9.63 Å². The molecule has 0 unspecified atom stereocenters. The molecule has 0 fully saturated rings. The molecular formula is C15H17N3O3. The van der Waals surface area contributed by atoms with Crippen molar-refractivity contribution in [2.24, 2.45) is 0 Å². The van der Waals surface area contributed by atoms with Gasteiger partial charge in [-0.2, -0.15) is 5.10 Å². The highest BCUT2D eigenvalue weighted by atomic mass is 16.7. The number of rotatable bonds is 4. The van der Waals surface area contributed by atoms with E-state index < -0.39 is 0 Å². The molecule has 0 aliphatic heterocycles. The Morgan fingerprint density at radius 2 is 1.86 bits per heavy atom. The van der Waals surface area contributed by atoms with Gasteiger partial charge >= 0.3 is 0 Å². The molecule has 2 rings (SSSR count). The molecule has 0 aliphatic carbocycles. The number of carbonyl (C=O) groups is 1. The Labute approximate surface area is 123 Å². The molecule has 1 aromatic carbocycles. The first-order valence-electron chi connectivity index (χ1n) is 6.41. The maximum Gasteiger partial charge on any atom is 0.282 e. The normalized spacial score (nSPS) is 10.3. The summed E-state index contributed by atoms with van der Waals surface area (Å²) in [7, 11) is 2.93. The highest BCUT2D eigenvalue weighted by Crippen LogP contribution is 2.25. The number of benzene rings is 1. The van der Waals surface area contributed by atoms with Gasteiger partial charge in [-0.05, 0) is 43.2 Å². The first-order chi connectivity index (χ1) is 10.0. The summed E-state index contributed by atoms with van der Waals surface area (Å²) >= 11 is 0. The summed E-state index contributed by atoms with van der Waals surface area (Å²) in [5.74, 6) is 0.408. The zero-order valence-corrected chi connectivity index (χ0v) is 12.5. The summed E-state index contributed by atoms with van der Waals surface area (Å²) in [6.45, 7) is 3.95. The predicted molar refractivity (Wildman–Crippen MR) is 77.1 cm³/mol. The van der Waals surface area contributed by atoms with Crippen molar-refractivity contribution in [2.45, 2.75) is 13.8 Å². The van der Waals surface area contributed by atoms with E-state index in [9.17, 15) is 4.79 Å². The van der Waals surface area contributed by atoms with Crippen LogP contribution in [0.2, 0.25) is 0 Å². The lowest BCUT2D eigenvalue weighted by Gasteiger charge is -2.15. The Bertz CT molecular complexity index is 638. The summed E-state index contributed by atoms with van der Waals surface area (Å²) in [6.07, 6.45) is 1.44. The van der Waals surface area contributed by atoms with E-state index in [0.717, 1.165) is 16.2 Å². The molecule has 6 heteroatoms. The summed E-state index contributed by atoms with van der Waals surface area (Å²) in [5, 5.41) is 8.77. The van der Waals surface area contributed by atoms with Gasteiger partial charge in [-0.15, -0.1) is 5.10 Å². The van der Waals surface area contributed by atoms with Gasteiger partial charge in [0.2, 0.25) is 0 Å². The molecule has 0 bridgehead atoms. The maximum absolute atomic E-state index is 12.2. The lowest BCUT2D eigenvalue weighted by molar-refractivity contribution is -0.0758. The van der Waals surface area contributed by atoms with Crippen LogP contribution in [0.4, 0.5) is 0 Å². The van der Waals surface area contributed by atoms with Crippen molar-refractivity contribution >= 4 is 5.91 Å². The van der Waals surface area contributed by atoms with Crippen LogP contribution in [0.25, 0.3) is 0 Å². The second kappa shape index (κ2) is 6.32. The van der Waals surface area contributed by atoms with Crippen LogP contribution in [0.5, 0.6) is 11.6 Å². The van der Waals surface area contributed by atoms with E-state index in [1.165, 1.54) is 20.4 Å². The number of amides is 1. The Hall–Kier alpha value is -2.47. The smallest absolute Gasteiger partial charge is 0.282 e. The van der Waals surface area contributed by atoms with Crippen molar-refractivity contribution in [3.8, 4) is 11.6 Å². The Kier molecular flexibility index (Phi) is 4.49. The van der Waals surface area contributed by atoms with Gasteiger partial charge in [0.05, 0.1) is 13.3 Å². The Morgan fingerprint density at radius 1 is 1.19 bits per heavy atom. The highest BCUT2D eigenvalue weighted by molar-refractivity contribution is 5.95. The second-order valence-electron chi connectivity index (χ2n) is 4.66. The molecule has 21 heavy (non-hydrogen) atoms. The molecule has 0 radical (unpaired) electrons. The fourth-order valence-corrected chi connectivity index (χ4v) is 1.91. The summed E-state index contributed by atoms with van der Waals surface area (Å²) in [4.78, 5) is 17.1. The number of aryl methyl sites for hydroxylation is 2. The van der Waals surface area contributed by atoms with Crippen LogP contribution in [-0.2, 0) is 4.84 Å². The highest BCUT2D eigenvalue weighted by Gasteiger charge is 2.19. The second-order valence-corrected chi connectivity index (χ2v) is 4.66. The summed E-state index contributed by atoms with van der Waals surface area (Å²) in [5.41, 5.74) is 2.42. The molecule has 1 amide bonds. The number of hydrogen-bond acceptors (Lipinski definition) is 5. The number of nitrogens with zero attached hydrogens (tertiary/aromatic N) is 3. The SMILES string of the molecule is CON(C)C(=O)c1ccnnc1Oc1cc(C)cc(C)c1. The van der Waals surface area contributed by atoms with Gasteiger partial charge in [0.1, 0.15) is 11.3 Å². The molecule has 110 valence electrons. The van der Waals surface area contributed by atoms with Crippen LogP contribution in [-0.4, -0.2) is 35.3 Å². The third-order valence-corrected chi connectivity index (χ3v) is 2.89. The van der Waals surface area contributed by atoms with Crippen LogP contribution in [0.3, 0.4) is 0 Å². The first kappa shape index (κ1) is 14.9. The van der Waals surface area contributed by atoms with Crippen molar-refractivity contribution in [3.63, 3.8) is 0 Å².